The number of hydrogen-bond donors (Lipinski definition) is 0. The molecule has 0 unspecified atom stereocenters. The molecule has 1 aliphatic heterocycles. The van der Waals surface area contributed by atoms with Gasteiger partial charge >= 0.3 is 0 Å². The van der Waals surface area contributed by atoms with Gasteiger partial charge in [0, 0.05) is 49.8 Å². The zero-order valence-corrected chi connectivity index (χ0v) is 34.6. The summed E-state index contributed by atoms with van der Waals surface area (Å²) in [5.74, 6) is 1.84. The first-order valence-electron chi connectivity index (χ1n) is 21.7. The molecule has 298 valence electrons. The molecule has 0 atom stereocenters. The summed E-state index contributed by atoms with van der Waals surface area (Å²) in [5, 5.41) is 7.33. The van der Waals surface area contributed by atoms with E-state index in [1.807, 2.05) is 6.07 Å². The number of benzene rings is 10. The Hall–Kier alpha value is -8.67. The minimum absolute atomic E-state index is 0.611. The van der Waals surface area contributed by atoms with Crippen LogP contribution >= 0.6 is 0 Å². The van der Waals surface area contributed by atoms with Crippen molar-refractivity contribution in [2.45, 2.75) is 0 Å². The second-order valence-electron chi connectivity index (χ2n) is 16.4. The van der Waals surface area contributed by atoms with Crippen molar-refractivity contribution in [1.82, 2.24) is 19.5 Å². The van der Waals surface area contributed by atoms with Crippen molar-refractivity contribution >= 4 is 60.4 Å². The molecule has 0 saturated carbocycles. The summed E-state index contributed by atoms with van der Waals surface area (Å²) in [6, 6.07) is 79.8. The molecule has 5 nitrogen and oxygen atoms in total. The molecule has 12 aromatic rings. The Morgan fingerprint density at radius 1 is 0.312 bits per heavy atom. The van der Waals surface area contributed by atoms with E-state index in [0.717, 1.165) is 61.6 Å². The van der Waals surface area contributed by atoms with Gasteiger partial charge in [-0.2, -0.15) is 0 Å². The van der Waals surface area contributed by atoms with Crippen LogP contribution in [0.25, 0.3) is 105 Å². The van der Waals surface area contributed by atoms with Gasteiger partial charge < -0.3 is 9.47 Å². The Labute approximate surface area is 369 Å². The van der Waals surface area contributed by atoms with Gasteiger partial charge in [0.05, 0.1) is 22.4 Å². The Bertz CT molecular complexity index is 3760. The second-order valence-corrected chi connectivity index (χ2v) is 16.4. The van der Waals surface area contributed by atoms with Crippen molar-refractivity contribution in [3.05, 3.63) is 224 Å². The fraction of sp³-hybridized carbons (Fsp3) is 0. The maximum atomic E-state index is 5.26. The minimum Gasteiger partial charge on any atom is -0.309 e. The molecule has 0 aliphatic carbocycles. The lowest BCUT2D eigenvalue weighted by molar-refractivity contribution is 1.07. The third-order valence-corrected chi connectivity index (χ3v) is 12.8. The molecule has 0 saturated heterocycles. The van der Waals surface area contributed by atoms with Gasteiger partial charge in [-0.05, 0) is 93.5 Å². The fourth-order valence-electron chi connectivity index (χ4n) is 9.78. The molecule has 13 rings (SSSR count). The Kier molecular flexibility index (Phi) is 8.15. The van der Waals surface area contributed by atoms with E-state index in [2.05, 4.69) is 228 Å². The van der Waals surface area contributed by atoms with Crippen molar-refractivity contribution in [3.8, 4) is 62.1 Å². The molecule has 64 heavy (non-hydrogen) atoms. The zero-order valence-electron chi connectivity index (χ0n) is 34.6. The highest BCUT2D eigenvalue weighted by molar-refractivity contribution is 6.19. The van der Waals surface area contributed by atoms with E-state index < -0.39 is 0 Å². The van der Waals surface area contributed by atoms with Gasteiger partial charge in [0.1, 0.15) is 0 Å². The molecule has 5 heteroatoms. The number of fused-ring (bicyclic) bond motifs is 7. The number of nitrogens with zero attached hydrogens (tertiary/aromatic N) is 5. The quantitative estimate of drug-likeness (QED) is 0.168. The summed E-state index contributed by atoms with van der Waals surface area (Å²) >= 11 is 0. The Morgan fingerprint density at radius 3 is 1.64 bits per heavy atom. The molecule has 0 N–H and O–H groups in total. The van der Waals surface area contributed by atoms with Crippen LogP contribution < -0.4 is 4.90 Å². The number of hydrogen-bond acceptors (Lipinski definition) is 4. The topological polar surface area (TPSA) is 46.8 Å². The average Bonchev–Trinajstić information content (AvgIpc) is 3.70. The molecule has 3 heterocycles. The van der Waals surface area contributed by atoms with E-state index in [4.69, 9.17) is 15.0 Å². The maximum absolute atomic E-state index is 5.26. The highest BCUT2D eigenvalue weighted by Gasteiger charge is 2.27. The maximum Gasteiger partial charge on any atom is 0.164 e. The lowest BCUT2D eigenvalue weighted by atomic mass is 9.87. The standard InChI is InChI=1S/C59H37N5/c1-3-13-38(14-4-1)39-25-27-42(28-26-39)57-60-58(62-59(61-57)44-31-35-49-48-21-9-10-23-51(48)63(54(49)37-44)45-18-5-2-6-19-45)43-29-33-46(34-30-43)64-52-24-12-17-41-16-11-22-50(55(41)52)56-47-20-8-7-15-40(47)32-36-53(56)64/h1-37H. The van der Waals surface area contributed by atoms with Gasteiger partial charge in [0.15, 0.2) is 17.5 Å². The van der Waals surface area contributed by atoms with Gasteiger partial charge in [-0.1, -0.05) is 164 Å². The van der Waals surface area contributed by atoms with Crippen LogP contribution in [-0.4, -0.2) is 19.5 Å². The number of aromatic nitrogens is 4. The van der Waals surface area contributed by atoms with Gasteiger partial charge in [-0.15, -0.1) is 0 Å². The van der Waals surface area contributed by atoms with Crippen molar-refractivity contribution in [1.29, 1.82) is 0 Å². The lowest BCUT2D eigenvalue weighted by Gasteiger charge is -2.34. The summed E-state index contributed by atoms with van der Waals surface area (Å²) in [6.07, 6.45) is 0. The van der Waals surface area contributed by atoms with Crippen LogP contribution in [0.1, 0.15) is 0 Å². The first-order chi connectivity index (χ1) is 31.7. The molecular weight excluding hydrogens is 779 g/mol. The third-order valence-electron chi connectivity index (χ3n) is 12.8. The largest absolute Gasteiger partial charge is 0.309 e. The second kappa shape index (κ2) is 14.5. The number of rotatable bonds is 6. The highest BCUT2D eigenvalue weighted by atomic mass is 15.2. The molecule has 10 aromatic carbocycles. The van der Waals surface area contributed by atoms with E-state index in [0.29, 0.717) is 17.5 Å². The van der Waals surface area contributed by atoms with Crippen LogP contribution in [0.3, 0.4) is 0 Å². The van der Waals surface area contributed by atoms with Gasteiger partial charge in [0.25, 0.3) is 0 Å². The normalized spacial score (nSPS) is 12.0. The van der Waals surface area contributed by atoms with E-state index in [9.17, 15) is 0 Å². The molecule has 0 fully saturated rings. The average molecular weight is 816 g/mol. The first-order valence-corrected chi connectivity index (χ1v) is 21.7. The summed E-state index contributed by atoms with van der Waals surface area (Å²) in [6.45, 7) is 0. The zero-order chi connectivity index (χ0) is 42.1. The van der Waals surface area contributed by atoms with Crippen LogP contribution in [-0.2, 0) is 0 Å². The molecule has 0 amide bonds. The van der Waals surface area contributed by atoms with Crippen LogP contribution in [0.15, 0.2) is 224 Å². The van der Waals surface area contributed by atoms with Crippen LogP contribution in [0.4, 0.5) is 17.1 Å². The smallest absolute Gasteiger partial charge is 0.164 e. The van der Waals surface area contributed by atoms with Crippen molar-refractivity contribution in [2.24, 2.45) is 0 Å². The van der Waals surface area contributed by atoms with Crippen LogP contribution in [0, 0.1) is 0 Å². The summed E-state index contributed by atoms with van der Waals surface area (Å²) in [7, 11) is 0. The highest BCUT2D eigenvalue weighted by Crippen LogP contribution is 2.53. The molecular formula is C59H37N5. The summed E-state index contributed by atoms with van der Waals surface area (Å²) < 4.78 is 2.33. The van der Waals surface area contributed by atoms with Gasteiger partial charge in [-0.25, -0.2) is 15.0 Å². The van der Waals surface area contributed by atoms with Crippen molar-refractivity contribution in [3.63, 3.8) is 0 Å². The Balaban J connectivity index is 0.967. The molecule has 0 spiro atoms. The van der Waals surface area contributed by atoms with Crippen molar-refractivity contribution in [2.75, 3.05) is 4.90 Å². The summed E-state index contributed by atoms with van der Waals surface area (Å²) in [4.78, 5) is 18.1. The molecule has 1 aliphatic rings. The summed E-state index contributed by atoms with van der Waals surface area (Å²) in [5.41, 5.74) is 14.3. The van der Waals surface area contributed by atoms with Crippen molar-refractivity contribution < 1.29 is 0 Å². The minimum atomic E-state index is 0.611. The third kappa shape index (κ3) is 5.75. The molecule has 0 radical (unpaired) electrons. The van der Waals surface area contributed by atoms with Crippen LogP contribution in [0.2, 0.25) is 0 Å². The van der Waals surface area contributed by atoms with Gasteiger partial charge in [-0.3, -0.25) is 0 Å². The molecule has 0 bridgehead atoms. The van der Waals surface area contributed by atoms with E-state index in [1.54, 1.807) is 0 Å². The predicted octanol–water partition coefficient (Wildman–Crippen LogP) is 15.4. The first kappa shape index (κ1) is 36.0. The number of para-hydroxylation sites is 2. The van der Waals surface area contributed by atoms with E-state index in [-0.39, 0.29) is 0 Å². The lowest BCUT2D eigenvalue weighted by Crippen LogP contribution is -2.15. The predicted molar refractivity (Wildman–Crippen MR) is 265 cm³/mol. The molecule has 2 aromatic heterocycles. The van der Waals surface area contributed by atoms with E-state index in [1.165, 1.54) is 43.4 Å². The monoisotopic (exact) mass is 815 g/mol. The van der Waals surface area contributed by atoms with Crippen LogP contribution in [0.5, 0.6) is 0 Å². The fourth-order valence-corrected chi connectivity index (χ4v) is 9.78. The van der Waals surface area contributed by atoms with Gasteiger partial charge in [0.2, 0.25) is 0 Å². The number of anilines is 3. The SMILES string of the molecule is c1ccc(-c2ccc(-c3nc(-c4ccc(N5c6ccc7ccccc7c6-c6cccc7cccc5c67)cc4)nc(-c4ccc5c6ccccc6n(-c6ccccc6)c5c4)n3)cc2)cc1. The van der Waals surface area contributed by atoms with E-state index >= 15 is 0 Å². The Morgan fingerprint density at radius 2 is 0.875 bits per heavy atom.